The molecule has 0 bridgehead atoms. The number of hydrogen-bond donors (Lipinski definition) is 2. The first-order valence-electron chi connectivity index (χ1n) is 10.2. The van der Waals surface area contributed by atoms with Gasteiger partial charge in [0, 0.05) is 24.2 Å². The average molecular weight is 463 g/mol. The SMILES string of the molecule is Cc1ccc(N(CCC(=O)Nc2cccc(-c3nn[nH]n3)c2)S(=O)(=O)c2ccccc2)cc1. The van der Waals surface area contributed by atoms with Crippen molar-refractivity contribution in [3.63, 3.8) is 0 Å². The molecule has 0 saturated heterocycles. The molecule has 2 N–H and O–H groups in total. The molecule has 9 nitrogen and oxygen atoms in total. The number of aromatic amines is 1. The molecule has 0 spiro atoms. The van der Waals surface area contributed by atoms with Crippen LogP contribution in [0.5, 0.6) is 0 Å². The van der Waals surface area contributed by atoms with Crippen molar-refractivity contribution in [1.82, 2.24) is 20.6 Å². The lowest BCUT2D eigenvalue weighted by Crippen LogP contribution is -2.34. The number of anilines is 2. The number of carbonyl (C=O) groups is 1. The van der Waals surface area contributed by atoms with E-state index in [1.54, 1.807) is 66.7 Å². The predicted molar refractivity (Wildman–Crippen MR) is 125 cm³/mol. The van der Waals surface area contributed by atoms with E-state index in [4.69, 9.17) is 0 Å². The lowest BCUT2D eigenvalue weighted by molar-refractivity contribution is -0.116. The molecule has 0 aliphatic heterocycles. The fraction of sp³-hybridized carbons (Fsp3) is 0.130. The number of aromatic nitrogens is 4. The van der Waals surface area contributed by atoms with Gasteiger partial charge in [0.05, 0.1) is 10.6 Å². The molecular formula is C23H22N6O3S. The summed E-state index contributed by atoms with van der Waals surface area (Å²) >= 11 is 0. The summed E-state index contributed by atoms with van der Waals surface area (Å²) in [5.74, 6) is 0.0891. The Morgan fingerprint density at radius 2 is 1.76 bits per heavy atom. The number of rotatable bonds is 8. The maximum absolute atomic E-state index is 13.3. The molecule has 1 amide bonds. The highest BCUT2D eigenvalue weighted by Gasteiger charge is 2.25. The minimum Gasteiger partial charge on any atom is -0.326 e. The van der Waals surface area contributed by atoms with E-state index in [0.29, 0.717) is 22.8 Å². The van der Waals surface area contributed by atoms with Gasteiger partial charge in [0.2, 0.25) is 11.7 Å². The van der Waals surface area contributed by atoms with Crippen molar-refractivity contribution in [1.29, 1.82) is 0 Å². The third-order valence-electron chi connectivity index (χ3n) is 4.94. The third kappa shape index (κ3) is 5.24. The molecule has 10 heteroatoms. The maximum Gasteiger partial charge on any atom is 0.264 e. The Kier molecular flexibility index (Phi) is 6.45. The standard InChI is InChI=1S/C23H22N6O3S/c1-17-10-12-20(13-11-17)29(33(31,32)21-8-3-2-4-9-21)15-14-22(30)24-19-7-5-6-18(16-19)23-25-27-28-26-23/h2-13,16H,14-15H2,1H3,(H,24,30)(H,25,26,27,28). The van der Waals surface area contributed by atoms with Gasteiger partial charge in [-0.25, -0.2) is 8.42 Å². The van der Waals surface area contributed by atoms with E-state index >= 15 is 0 Å². The number of amides is 1. The smallest absolute Gasteiger partial charge is 0.264 e. The lowest BCUT2D eigenvalue weighted by Gasteiger charge is -2.24. The second-order valence-corrected chi connectivity index (χ2v) is 9.20. The summed E-state index contributed by atoms with van der Waals surface area (Å²) in [6.45, 7) is 1.91. The minimum absolute atomic E-state index is 0.0172. The topological polar surface area (TPSA) is 121 Å². The van der Waals surface area contributed by atoms with Gasteiger partial charge >= 0.3 is 0 Å². The Hall–Kier alpha value is -4.05. The molecule has 0 unspecified atom stereocenters. The van der Waals surface area contributed by atoms with E-state index < -0.39 is 10.0 Å². The number of benzene rings is 3. The van der Waals surface area contributed by atoms with Crippen molar-refractivity contribution in [3.8, 4) is 11.4 Å². The van der Waals surface area contributed by atoms with Crippen molar-refractivity contribution in [2.75, 3.05) is 16.2 Å². The fourth-order valence-electron chi connectivity index (χ4n) is 3.27. The number of carbonyl (C=O) groups excluding carboxylic acids is 1. The number of sulfonamides is 1. The summed E-state index contributed by atoms with van der Waals surface area (Å²) in [6.07, 6.45) is -0.0353. The molecule has 0 aliphatic carbocycles. The molecule has 0 atom stereocenters. The van der Waals surface area contributed by atoms with E-state index in [1.165, 1.54) is 4.31 Å². The van der Waals surface area contributed by atoms with Crippen LogP contribution in [0.3, 0.4) is 0 Å². The van der Waals surface area contributed by atoms with Gasteiger partial charge in [0.1, 0.15) is 0 Å². The van der Waals surface area contributed by atoms with Crippen LogP contribution in [0.2, 0.25) is 0 Å². The Balaban J connectivity index is 1.52. The third-order valence-corrected chi connectivity index (χ3v) is 6.79. The van der Waals surface area contributed by atoms with Crippen LogP contribution < -0.4 is 9.62 Å². The molecule has 0 radical (unpaired) electrons. The zero-order valence-electron chi connectivity index (χ0n) is 17.8. The Morgan fingerprint density at radius 1 is 1.00 bits per heavy atom. The van der Waals surface area contributed by atoms with Crippen molar-refractivity contribution >= 4 is 27.3 Å². The molecule has 0 aliphatic rings. The summed E-state index contributed by atoms with van der Waals surface area (Å²) in [5, 5.41) is 16.6. The van der Waals surface area contributed by atoms with E-state index in [0.717, 1.165) is 5.56 Å². The number of nitrogens with one attached hydrogen (secondary N) is 2. The van der Waals surface area contributed by atoms with Crippen LogP contribution in [0.15, 0.2) is 83.8 Å². The van der Waals surface area contributed by atoms with Gasteiger partial charge in [-0.3, -0.25) is 9.10 Å². The van der Waals surface area contributed by atoms with Crippen molar-refractivity contribution in [3.05, 3.63) is 84.4 Å². The molecule has 3 aromatic carbocycles. The van der Waals surface area contributed by atoms with Crippen molar-refractivity contribution in [2.45, 2.75) is 18.2 Å². The molecule has 1 heterocycles. The minimum atomic E-state index is -3.85. The monoisotopic (exact) mass is 462 g/mol. The highest BCUT2D eigenvalue weighted by atomic mass is 32.2. The largest absolute Gasteiger partial charge is 0.326 e. The Labute approximate surface area is 191 Å². The molecule has 4 rings (SSSR count). The zero-order chi connectivity index (χ0) is 23.3. The van der Waals surface area contributed by atoms with Crippen LogP contribution in [0.1, 0.15) is 12.0 Å². The second-order valence-electron chi connectivity index (χ2n) is 7.34. The molecule has 168 valence electrons. The summed E-state index contributed by atoms with van der Waals surface area (Å²) in [4.78, 5) is 12.8. The average Bonchev–Trinajstić information content (AvgIpc) is 3.36. The highest BCUT2D eigenvalue weighted by molar-refractivity contribution is 7.92. The number of aryl methyl sites for hydroxylation is 1. The molecule has 4 aromatic rings. The van der Waals surface area contributed by atoms with Gasteiger partial charge in [0.25, 0.3) is 10.0 Å². The predicted octanol–water partition coefficient (Wildman–Crippen LogP) is 3.40. The Morgan fingerprint density at radius 3 is 2.45 bits per heavy atom. The summed E-state index contributed by atoms with van der Waals surface area (Å²) in [7, 11) is -3.85. The van der Waals surface area contributed by atoms with Gasteiger partial charge < -0.3 is 5.32 Å². The number of H-pyrrole nitrogens is 1. The molecule has 1 aromatic heterocycles. The first-order valence-corrected chi connectivity index (χ1v) is 11.7. The maximum atomic E-state index is 13.3. The van der Waals surface area contributed by atoms with Gasteiger partial charge in [-0.1, -0.05) is 48.0 Å². The van der Waals surface area contributed by atoms with E-state index in [9.17, 15) is 13.2 Å². The van der Waals surface area contributed by atoms with Gasteiger partial charge in [-0.15, -0.1) is 10.2 Å². The molecule has 0 fully saturated rings. The van der Waals surface area contributed by atoms with E-state index in [2.05, 4.69) is 25.9 Å². The van der Waals surface area contributed by atoms with Gasteiger partial charge in [-0.2, -0.15) is 5.21 Å². The number of nitrogens with zero attached hydrogens (tertiary/aromatic N) is 4. The van der Waals surface area contributed by atoms with Crippen molar-refractivity contribution < 1.29 is 13.2 Å². The van der Waals surface area contributed by atoms with E-state index in [1.807, 2.05) is 19.1 Å². The van der Waals surface area contributed by atoms with Crippen LogP contribution in [-0.4, -0.2) is 41.5 Å². The van der Waals surface area contributed by atoms with Crippen LogP contribution in [-0.2, 0) is 14.8 Å². The van der Waals surface area contributed by atoms with Crippen LogP contribution in [0.4, 0.5) is 11.4 Å². The summed E-state index contributed by atoms with van der Waals surface area (Å²) in [5.41, 5.74) is 2.75. The quantitative estimate of drug-likeness (QED) is 0.414. The first kappa shape index (κ1) is 22.2. The Bertz CT molecular complexity index is 1320. The highest BCUT2D eigenvalue weighted by Crippen LogP contribution is 2.25. The van der Waals surface area contributed by atoms with E-state index in [-0.39, 0.29) is 23.8 Å². The molecule has 33 heavy (non-hydrogen) atoms. The van der Waals surface area contributed by atoms with Crippen molar-refractivity contribution in [2.24, 2.45) is 0 Å². The summed E-state index contributed by atoms with van der Waals surface area (Å²) < 4.78 is 27.9. The van der Waals surface area contributed by atoms with Crippen LogP contribution >= 0.6 is 0 Å². The zero-order valence-corrected chi connectivity index (χ0v) is 18.7. The lowest BCUT2D eigenvalue weighted by atomic mass is 10.2. The molecule has 0 saturated carbocycles. The normalized spacial score (nSPS) is 11.2. The fourth-order valence-corrected chi connectivity index (χ4v) is 4.75. The second kappa shape index (κ2) is 9.61. The molecular weight excluding hydrogens is 440 g/mol. The van der Waals surface area contributed by atoms with Crippen LogP contribution in [0, 0.1) is 6.92 Å². The van der Waals surface area contributed by atoms with Gasteiger partial charge in [0.15, 0.2) is 0 Å². The van der Waals surface area contributed by atoms with Gasteiger partial charge in [-0.05, 0) is 48.5 Å². The number of tetrazole rings is 1. The first-order chi connectivity index (χ1) is 15.9. The summed E-state index contributed by atoms with van der Waals surface area (Å²) in [6, 6.07) is 22.4. The number of hydrogen-bond acceptors (Lipinski definition) is 6. The van der Waals surface area contributed by atoms with Crippen LogP contribution in [0.25, 0.3) is 11.4 Å².